The highest BCUT2D eigenvalue weighted by atomic mass is 31.1. The van der Waals surface area contributed by atoms with Crippen LogP contribution in [0, 0.1) is 20.8 Å². The molecule has 0 aliphatic carbocycles. The third kappa shape index (κ3) is 5.07. The first-order chi connectivity index (χ1) is 13.7. The highest BCUT2D eigenvalue weighted by Crippen LogP contribution is 2.37. The summed E-state index contributed by atoms with van der Waals surface area (Å²) in [6, 6.07) is 6.97. The summed E-state index contributed by atoms with van der Waals surface area (Å²) >= 11 is 0. The van der Waals surface area contributed by atoms with E-state index in [0.29, 0.717) is 22.8 Å². The summed E-state index contributed by atoms with van der Waals surface area (Å²) in [5.74, 6) is 0.805. The molecule has 0 N–H and O–H groups in total. The molecule has 29 heavy (non-hydrogen) atoms. The number of methoxy groups -OCH3 is 3. The minimum atomic E-state index is -2.65. The normalized spacial score (nSPS) is 11.7. The Kier molecular flexibility index (Phi) is 7.63. The van der Waals surface area contributed by atoms with Gasteiger partial charge in [0.15, 0.2) is 5.78 Å². The van der Waals surface area contributed by atoms with E-state index in [-0.39, 0.29) is 29.5 Å². The summed E-state index contributed by atoms with van der Waals surface area (Å²) in [6.07, 6.45) is -0.0556. The molecule has 0 saturated carbocycles. The van der Waals surface area contributed by atoms with Crippen LogP contribution in [0.2, 0.25) is 0 Å². The topological polar surface area (TPSA) is 78.9 Å². The van der Waals surface area contributed by atoms with Crippen molar-refractivity contribution in [1.82, 2.24) is 0 Å². The van der Waals surface area contributed by atoms with Crippen molar-refractivity contribution in [3.63, 3.8) is 0 Å². The summed E-state index contributed by atoms with van der Waals surface area (Å²) in [5.41, 5.74) is 3.01. The van der Waals surface area contributed by atoms with Gasteiger partial charge in [-0.15, -0.1) is 0 Å². The van der Waals surface area contributed by atoms with Gasteiger partial charge in [-0.25, -0.2) is 0 Å². The Hall–Kier alpha value is -2.59. The predicted octanol–water partition coefficient (Wildman–Crippen LogP) is 4.61. The second-order valence-electron chi connectivity index (χ2n) is 6.86. The van der Waals surface area contributed by atoms with Crippen molar-refractivity contribution in [3.05, 3.63) is 52.1 Å². The Morgan fingerprint density at radius 3 is 1.79 bits per heavy atom. The Bertz CT molecular complexity index is 916. The Balaban J connectivity index is 2.21. The van der Waals surface area contributed by atoms with Gasteiger partial charge >= 0.3 is 0 Å². The van der Waals surface area contributed by atoms with E-state index < -0.39 is 7.80 Å². The molecule has 0 fully saturated rings. The number of ether oxygens (including phenoxy) is 3. The van der Waals surface area contributed by atoms with Crippen molar-refractivity contribution in [2.24, 2.45) is 0 Å². The van der Waals surface area contributed by atoms with E-state index in [9.17, 15) is 14.2 Å². The molecule has 2 aromatic carbocycles. The van der Waals surface area contributed by atoms with Gasteiger partial charge in [-0.3, -0.25) is 9.59 Å². The van der Waals surface area contributed by atoms with E-state index in [0.717, 1.165) is 16.7 Å². The quantitative estimate of drug-likeness (QED) is 0.437. The maximum atomic E-state index is 12.8. The van der Waals surface area contributed by atoms with Crippen LogP contribution in [0.25, 0.3) is 0 Å². The van der Waals surface area contributed by atoms with Crippen LogP contribution in [0.5, 0.6) is 17.2 Å². The van der Waals surface area contributed by atoms with Crippen LogP contribution in [-0.2, 0) is 4.57 Å². The lowest BCUT2D eigenvalue weighted by Crippen LogP contribution is -2.08. The minimum absolute atomic E-state index is 0.00652. The summed E-state index contributed by atoms with van der Waals surface area (Å²) in [6.45, 7) is 5.62. The molecule has 156 valence electrons. The summed E-state index contributed by atoms with van der Waals surface area (Å²) < 4.78 is 28.5. The lowest BCUT2D eigenvalue weighted by atomic mass is 10.0. The average molecular weight is 418 g/mol. The van der Waals surface area contributed by atoms with E-state index in [1.165, 1.54) is 21.3 Å². The monoisotopic (exact) mass is 418 g/mol. The van der Waals surface area contributed by atoms with Crippen LogP contribution in [0.4, 0.5) is 0 Å². The maximum absolute atomic E-state index is 12.8. The van der Waals surface area contributed by atoms with Crippen LogP contribution < -0.4 is 14.2 Å². The Labute approximate surface area is 172 Å². The lowest BCUT2D eigenvalue weighted by Gasteiger charge is -2.14. The van der Waals surface area contributed by atoms with Crippen molar-refractivity contribution in [2.45, 2.75) is 27.2 Å². The zero-order valence-electron chi connectivity index (χ0n) is 17.7. The second kappa shape index (κ2) is 9.75. The highest BCUT2D eigenvalue weighted by molar-refractivity contribution is 7.64. The van der Waals surface area contributed by atoms with Gasteiger partial charge in [0.05, 0.1) is 21.3 Å². The maximum Gasteiger partial charge on any atom is 0.219 e. The first-order valence-electron chi connectivity index (χ1n) is 9.22. The number of carbonyl (C=O) groups is 2. The Morgan fingerprint density at radius 2 is 1.34 bits per heavy atom. The number of ketones is 1. The van der Waals surface area contributed by atoms with E-state index in [1.807, 2.05) is 32.9 Å². The molecule has 0 radical (unpaired) electrons. The third-order valence-electron chi connectivity index (χ3n) is 4.73. The van der Waals surface area contributed by atoms with E-state index in [2.05, 4.69) is 0 Å². The molecule has 0 amide bonds. The molecule has 0 spiro atoms. The van der Waals surface area contributed by atoms with Gasteiger partial charge in [0, 0.05) is 30.3 Å². The van der Waals surface area contributed by atoms with Crippen LogP contribution in [0.3, 0.4) is 0 Å². The first kappa shape index (κ1) is 22.7. The molecule has 7 heteroatoms. The number of benzene rings is 2. The summed E-state index contributed by atoms with van der Waals surface area (Å²) in [5, 5.41) is 0. The standard InChI is InChI=1S/C22H27O6P/c1-13-9-14(2)20(15(3)10-13)22(24)29(25)8-7-17(23)21-18(27-5)11-16(26-4)12-19(21)28-6/h9-12,29H,7-8H2,1-6H3. The van der Waals surface area contributed by atoms with E-state index >= 15 is 0 Å². The van der Waals surface area contributed by atoms with Crippen LogP contribution in [-0.4, -0.2) is 38.8 Å². The number of hydrogen-bond acceptors (Lipinski definition) is 6. The third-order valence-corrected chi connectivity index (χ3v) is 6.19. The second-order valence-corrected chi connectivity index (χ2v) is 8.66. The smallest absolute Gasteiger partial charge is 0.219 e. The van der Waals surface area contributed by atoms with Crippen LogP contribution >= 0.6 is 7.80 Å². The molecule has 0 bridgehead atoms. The molecular weight excluding hydrogens is 391 g/mol. The molecule has 0 aliphatic heterocycles. The van der Waals surface area contributed by atoms with Crippen LogP contribution in [0.1, 0.15) is 43.8 Å². The molecule has 1 atom stereocenters. The highest BCUT2D eigenvalue weighted by Gasteiger charge is 2.24. The van der Waals surface area contributed by atoms with Crippen molar-refractivity contribution < 1.29 is 28.4 Å². The fourth-order valence-electron chi connectivity index (χ4n) is 3.42. The number of Topliss-reactive ketones (excluding diaryl/α,β-unsaturated/α-hetero) is 1. The van der Waals surface area contributed by atoms with Crippen molar-refractivity contribution in [2.75, 3.05) is 27.5 Å². The molecule has 0 aromatic heterocycles. The minimum Gasteiger partial charge on any atom is -0.496 e. The lowest BCUT2D eigenvalue weighted by molar-refractivity contribution is 0.0983. The fraction of sp³-hybridized carbons (Fsp3) is 0.364. The number of aryl methyl sites for hydroxylation is 3. The number of rotatable bonds is 9. The number of carbonyl (C=O) groups excluding carboxylic acids is 2. The molecule has 1 unspecified atom stereocenters. The largest absolute Gasteiger partial charge is 0.496 e. The first-order valence-corrected chi connectivity index (χ1v) is 10.8. The summed E-state index contributed by atoms with van der Waals surface area (Å²) in [4.78, 5) is 25.5. The zero-order chi connectivity index (χ0) is 21.7. The molecule has 0 saturated heterocycles. The average Bonchev–Trinajstić information content (AvgIpc) is 2.69. The molecule has 0 heterocycles. The van der Waals surface area contributed by atoms with Crippen molar-refractivity contribution in [3.8, 4) is 17.2 Å². The van der Waals surface area contributed by atoms with Crippen molar-refractivity contribution >= 4 is 19.1 Å². The molecular formula is C22H27O6P. The molecule has 6 nitrogen and oxygen atoms in total. The van der Waals surface area contributed by atoms with Gasteiger partial charge in [-0.2, -0.15) is 0 Å². The van der Waals surface area contributed by atoms with Gasteiger partial charge in [0.2, 0.25) is 5.52 Å². The molecule has 2 aromatic rings. The number of hydrogen-bond donors (Lipinski definition) is 0. The molecule has 2 rings (SSSR count). The molecule has 0 aliphatic rings. The SMILES string of the molecule is COc1cc(OC)c(C(=O)CC[PH](=O)C(=O)c2c(C)cc(C)cc2C)c(OC)c1. The van der Waals surface area contributed by atoms with E-state index in [4.69, 9.17) is 14.2 Å². The fourth-order valence-corrected chi connectivity index (χ4v) is 4.78. The van der Waals surface area contributed by atoms with Gasteiger partial charge in [0.1, 0.15) is 30.6 Å². The summed E-state index contributed by atoms with van der Waals surface area (Å²) in [7, 11) is 1.75. The van der Waals surface area contributed by atoms with E-state index in [1.54, 1.807) is 12.1 Å². The van der Waals surface area contributed by atoms with Gasteiger partial charge in [-0.1, -0.05) is 17.7 Å². The predicted molar refractivity (Wildman–Crippen MR) is 114 cm³/mol. The van der Waals surface area contributed by atoms with Gasteiger partial charge < -0.3 is 18.8 Å². The van der Waals surface area contributed by atoms with Crippen LogP contribution in [0.15, 0.2) is 24.3 Å². The van der Waals surface area contributed by atoms with Crippen molar-refractivity contribution in [1.29, 1.82) is 0 Å². The van der Waals surface area contributed by atoms with Gasteiger partial charge in [0.25, 0.3) is 0 Å². The van der Waals surface area contributed by atoms with Gasteiger partial charge in [-0.05, 0) is 31.9 Å². The Morgan fingerprint density at radius 1 is 0.828 bits per heavy atom. The zero-order valence-corrected chi connectivity index (χ0v) is 18.7.